The molecule has 138 valence electrons. The molecule has 0 atom stereocenters. The van der Waals surface area contributed by atoms with Gasteiger partial charge in [-0.2, -0.15) is 0 Å². The topological polar surface area (TPSA) is 86.7 Å². The molecule has 0 aromatic carbocycles. The van der Waals surface area contributed by atoms with Crippen LogP contribution >= 0.6 is 0 Å². The fraction of sp³-hybridized carbons (Fsp3) is 0.750. The second kappa shape index (κ2) is 10.8. The molecule has 0 bridgehead atoms. The van der Waals surface area contributed by atoms with Crippen molar-refractivity contribution in [3.05, 3.63) is 0 Å². The molecule has 0 unspecified atom stereocenters. The Bertz CT molecular complexity index is 430. The van der Waals surface area contributed by atoms with Gasteiger partial charge in [-0.3, -0.25) is 0 Å². The Morgan fingerprint density at radius 1 is 0.625 bits per heavy atom. The van der Waals surface area contributed by atoms with E-state index in [0.29, 0.717) is 0 Å². The van der Waals surface area contributed by atoms with Crippen molar-refractivity contribution in [1.82, 2.24) is 0 Å². The van der Waals surface area contributed by atoms with Crippen molar-refractivity contribution < 1.29 is 28.7 Å². The first kappa shape index (κ1) is 23.9. The fourth-order valence-electron chi connectivity index (χ4n) is 1.61. The van der Waals surface area contributed by atoms with Crippen LogP contribution in [0.3, 0.4) is 0 Å². The average molecular weight is 556 g/mol. The van der Waals surface area contributed by atoms with Crippen LogP contribution < -0.4 is 0 Å². The van der Waals surface area contributed by atoms with Crippen molar-refractivity contribution in [1.29, 1.82) is 0 Å². The standard InChI is InChI=1S/C10H12O6.6CH3.2Sn/c1-3-7(11)9(13)15-5-6-16-10(14)8(12)4-2;;;;;;;;/h1-6H2;6*1H3;;. The maximum atomic E-state index is 11.6. The number of hydrogen-bond donors (Lipinski definition) is 0. The summed E-state index contributed by atoms with van der Waals surface area (Å²) >= 11 is -4.15. The molecular weight excluding hydrogens is 526 g/mol. The molecule has 0 amide bonds. The molecule has 0 aliphatic heterocycles. The Balaban J connectivity index is 3.95. The Kier molecular flexibility index (Phi) is 10.7. The fourth-order valence-corrected chi connectivity index (χ4v) is 7.19. The van der Waals surface area contributed by atoms with E-state index in [9.17, 15) is 19.2 Å². The minimum absolute atomic E-state index is 0.207. The number of ketones is 2. The van der Waals surface area contributed by atoms with Crippen molar-refractivity contribution in [3.8, 4) is 0 Å². The van der Waals surface area contributed by atoms with Gasteiger partial charge in [-0.05, 0) is 0 Å². The summed E-state index contributed by atoms with van der Waals surface area (Å²) in [4.78, 5) is 59.3. The van der Waals surface area contributed by atoms with Gasteiger partial charge < -0.3 is 0 Å². The molecule has 0 rings (SSSR count). The van der Waals surface area contributed by atoms with Gasteiger partial charge in [-0.15, -0.1) is 0 Å². The number of ether oxygens (including phenoxy) is 2. The van der Waals surface area contributed by atoms with Crippen LogP contribution in [-0.4, -0.2) is 73.5 Å². The first-order valence-corrected chi connectivity index (χ1v) is 29.4. The van der Waals surface area contributed by atoms with Crippen molar-refractivity contribution in [2.45, 2.75) is 51.4 Å². The third-order valence-electron chi connectivity index (χ3n) is 3.21. The van der Waals surface area contributed by atoms with Gasteiger partial charge in [0.15, 0.2) is 0 Å². The summed E-state index contributed by atoms with van der Waals surface area (Å²) in [7, 11) is 0. The third-order valence-corrected chi connectivity index (χ3v) is 13.2. The molecule has 0 saturated carbocycles. The Morgan fingerprint density at radius 3 is 1.17 bits per heavy atom. The molecule has 0 aliphatic carbocycles. The Hall–Kier alpha value is -0.123. The summed E-state index contributed by atoms with van der Waals surface area (Å²) in [6, 6.07) is 0. The van der Waals surface area contributed by atoms with E-state index >= 15 is 0 Å². The first-order valence-electron chi connectivity index (χ1n) is 8.22. The summed E-state index contributed by atoms with van der Waals surface area (Å²) < 4.78 is 11.1. The van der Waals surface area contributed by atoms with E-state index in [4.69, 9.17) is 9.47 Å². The van der Waals surface area contributed by atoms with Crippen molar-refractivity contribution in [2.75, 3.05) is 13.2 Å². The van der Waals surface area contributed by atoms with Crippen molar-refractivity contribution in [3.63, 3.8) is 0 Å². The average Bonchev–Trinajstić information content (AvgIpc) is 2.44. The Morgan fingerprint density at radius 2 is 0.917 bits per heavy atom. The van der Waals surface area contributed by atoms with Crippen LogP contribution in [0.15, 0.2) is 0 Å². The number of hydrogen-bond acceptors (Lipinski definition) is 6. The summed E-state index contributed by atoms with van der Waals surface area (Å²) in [6.07, 6.45) is 0.435. The van der Waals surface area contributed by atoms with Crippen LogP contribution in [0.1, 0.15) is 12.8 Å². The zero-order valence-electron chi connectivity index (χ0n) is 15.7. The second-order valence-electron chi connectivity index (χ2n) is 8.24. The molecule has 24 heavy (non-hydrogen) atoms. The summed E-state index contributed by atoms with van der Waals surface area (Å²) in [5.74, 6) is -2.87. The molecule has 8 heteroatoms. The Labute approximate surface area is 152 Å². The number of rotatable bonds is 11. The quantitative estimate of drug-likeness (QED) is 0.169. The summed E-state index contributed by atoms with van der Waals surface area (Å²) in [5.41, 5.74) is 0. The third kappa shape index (κ3) is 13.2. The zero-order chi connectivity index (χ0) is 19.0. The predicted octanol–water partition coefficient (Wildman–Crippen LogP) is 2.67. The maximum absolute atomic E-state index is 11.6. The summed E-state index contributed by atoms with van der Waals surface area (Å²) in [5, 5.41) is 0. The van der Waals surface area contributed by atoms with Gasteiger partial charge in [0.25, 0.3) is 0 Å². The molecule has 0 aromatic rings. The van der Waals surface area contributed by atoms with Gasteiger partial charge in [0.1, 0.15) is 0 Å². The van der Waals surface area contributed by atoms with E-state index in [2.05, 4.69) is 29.6 Å². The van der Waals surface area contributed by atoms with Crippen LogP contribution in [-0.2, 0) is 28.7 Å². The van der Waals surface area contributed by atoms with E-state index in [1.54, 1.807) is 0 Å². The van der Waals surface area contributed by atoms with Crippen LogP contribution in [0, 0.1) is 0 Å². The van der Waals surface area contributed by atoms with Crippen molar-refractivity contribution >= 4 is 60.3 Å². The van der Waals surface area contributed by atoms with Crippen LogP contribution in [0.2, 0.25) is 38.5 Å². The van der Waals surface area contributed by atoms with Crippen molar-refractivity contribution in [2.24, 2.45) is 0 Å². The normalized spacial score (nSPS) is 11.8. The predicted molar refractivity (Wildman–Crippen MR) is 97.5 cm³/mol. The molecule has 0 fully saturated rings. The van der Waals surface area contributed by atoms with E-state index in [1.165, 1.54) is 0 Å². The van der Waals surface area contributed by atoms with E-state index < -0.39 is 60.3 Å². The van der Waals surface area contributed by atoms with Gasteiger partial charge in [0.05, 0.1) is 0 Å². The number of Topliss-reactive ketones (excluding diaryl/α,β-unsaturated/α-hetero) is 2. The molecule has 0 aliphatic rings. The van der Waals surface area contributed by atoms with Crippen LogP contribution in [0.25, 0.3) is 0 Å². The van der Waals surface area contributed by atoms with Gasteiger partial charge in [0, 0.05) is 0 Å². The van der Waals surface area contributed by atoms with Crippen LogP contribution in [0.4, 0.5) is 0 Å². The number of esters is 2. The molecule has 0 radical (unpaired) electrons. The van der Waals surface area contributed by atoms with Gasteiger partial charge in [0.2, 0.25) is 0 Å². The second-order valence-corrected chi connectivity index (χ2v) is 40.3. The van der Waals surface area contributed by atoms with E-state index in [-0.39, 0.29) is 26.1 Å². The van der Waals surface area contributed by atoms with Gasteiger partial charge >= 0.3 is 153 Å². The van der Waals surface area contributed by atoms with Gasteiger partial charge in [-0.1, -0.05) is 0 Å². The zero-order valence-corrected chi connectivity index (χ0v) is 21.4. The first-order chi connectivity index (χ1) is 10.8. The molecule has 0 heterocycles. The van der Waals surface area contributed by atoms with E-state index in [0.717, 1.165) is 8.87 Å². The number of carbonyl (C=O) groups is 4. The SMILES string of the molecule is [CH3][Sn]([CH3])([CH3])[CH2]CC(=O)C(=O)OCCOC(=O)C(=O)C[CH2][Sn]([CH3])([CH3])[CH3]. The monoisotopic (exact) mass is 558 g/mol. The number of carbonyl (C=O) groups excluding carboxylic acids is 4. The molecule has 0 N–H and O–H groups in total. The molecule has 0 spiro atoms. The molecule has 0 aromatic heterocycles. The molecular formula is C16H30O6Sn2. The van der Waals surface area contributed by atoms with Crippen LogP contribution in [0.5, 0.6) is 0 Å². The molecule has 6 nitrogen and oxygen atoms in total. The summed E-state index contributed by atoms with van der Waals surface area (Å²) in [6.45, 7) is -0.415. The van der Waals surface area contributed by atoms with E-state index in [1.807, 2.05) is 0 Å². The molecule has 0 saturated heterocycles. The van der Waals surface area contributed by atoms with Gasteiger partial charge in [-0.25, -0.2) is 0 Å². The minimum atomic E-state index is -2.07.